The highest BCUT2D eigenvalue weighted by atomic mass is 19.4. The van der Waals surface area contributed by atoms with Gasteiger partial charge in [-0.15, -0.1) is 13.2 Å². The lowest BCUT2D eigenvalue weighted by molar-refractivity contribution is -0.274. The summed E-state index contributed by atoms with van der Waals surface area (Å²) in [5.41, 5.74) is 2.17. The average Bonchev–Trinajstić information content (AvgIpc) is 3.01. The van der Waals surface area contributed by atoms with Gasteiger partial charge in [0.2, 0.25) is 0 Å². The van der Waals surface area contributed by atoms with Crippen LogP contribution in [0.2, 0.25) is 0 Å². The zero-order valence-corrected chi connectivity index (χ0v) is 25.0. The first kappa shape index (κ1) is 33.5. The van der Waals surface area contributed by atoms with Crippen LogP contribution in [0.15, 0.2) is 103 Å². The van der Waals surface area contributed by atoms with E-state index in [1.54, 1.807) is 6.07 Å². The fraction of sp³-hybridized carbons (Fsp3) is 0.189. The second-order valence-electron chi connectivity index (χ2n) is 10.9. The molecule has 0 heterocycles. The third-order valence-electron chi connectivity index (χ3n) is 7.49. The minimum atomic E-state index is -5.01. The minimum Gasteiger partial charge on any atom is -0.429 e. The van der Waals surface area contributed by atoms with Crippen molar-refractivity contribution in [2.45, 2.75) is 45.1 Å². The van der Waals surface area contributed by atoms with Crippen molar-refractivity contribution in [2.24, 2.45) is 0 Å². The maximum absolute atomic E-state index is 15.2. The van der Waals surface area contributed by atoms with Crippen molar-refractivity contribution in [2.75, 3.05) is 0 Å². The van der Waals surface area contributed by atoms with Crippen molar-refractivity contribution in [1.29, 1.82) is 0 Å². The molecule has 2 nitrogen and oxygen atoms in total. The Morgan fingerprint density at radius 1 is 0.511 bits per heavy atom. The fourth-order valence-electron chi connectivity index (χ4n) is 5.14. The first-order valence-corrected chi connectivity index (χ1v) is 14.7. The molecule has 5 aromatic rings. The number of aryl methyl sites for hydroxylation is 1. The van der Waals surface area contributed by atoms with Gasteiger partial charge in [0, 0.05) is 5.56 Å². The van der Waals surface area contributed by atoms with Gasteiger partial charge < -0.3 is 9.47 Å². The topological polar surface area (TPSA) is 18.5 Å². The van der Waals surface area contributed by atoms with Crippen LogP contribution in [0.25, 0.3) is 33.4 Å². The van der Waals surface area contributed by atoms with E-state index in [0.717, 1.165) is 42.5 Å². The molecule has 0 amide bonds. The molecule has 10 heteroatoms. The van der Waals surface area contributed by atoms with Crippen molar-refractivity contribution in [3.63, 3.8) is 0 Å². The van der Waals surface area contributed by atoms with E-state index < -0.39 is 47.0 Å². The van der Waals surface area contributed by atoms with Gasteiger partial charge in [-0.05, 0) is 88.7 Å². The Morgan fingerprint density at radius 3 is 1.49 bits per heavy atom. The van der Waals surface area contributed by atoms with Crippen molar-refractivity contribution in [3.8, 4) is 44.9 Å². The molecule has 0 spiro atoms. The highest BCUT2D eigenvalue weighted by Gasteiger charge is 2.41. The molecule has 47 heavy (non-hydrogen) atoms. The van der Waals surface area contributed by atoms with E-state index in [4.69, 9.17) is 0 Å². The Morgan fingerprint density at radius 2 is 0.979 bits per heavy atom. The Labute approximate surface area is 266 Å². The van der Waals surface area contributed by atoms with Gasteiger partial charge in [-0.1, -0.05) is 80.4 Å². The van der Waals surface area contributed by atoms with Crippen LogP contribution in [-0.2, 0) is 12.5 Å². The molecule has 0 saturated heterocycles. The molecular weight excluding hydrogens is 628 g/mol. The lowest BCUT2D eigenvalue weighted by atomic mass is 9.96. The summed E-state index contributed by atoms with van der Waals surface area (Å²) in [5, 5.41) is 0. The van der Waals surface area contributed by atoms with Gasteiger partial charge >= 0.3 is 12.5 Å². The summed E-state index contributed by atoms with van der Waals surface area (Å²) in [5.74, 6) is -5.65. The molecule has 0 atom stereocenters. The molecule has 0 N–H and O–H groups in total. The highest BCUT2D eigenvalue weighted by molar-refractivity contribution is 5.74. The van der Waals surface area contributed by atoms with Crippen LogP contribution in [-0.4, -0.2) is 6.36 Å². The van der Waals surface area contributed by atoms with E-state index in [1.807, 2.05) is 24.3 Å². The molecular formula is C37H28F8O2. The Kier molecular flexibility index (Phi) is 9.88. The quantitative estimate of drug-likeness (QED) is 0.104. The number of benzene rings is 5. The van der Waals surface area contributed by atoms with Crippen LogP contribution >= 0.6 is 0 Å². The number of hydrogen-bond donors (Lipinski definition) is 0. The molecule has 0 radical (unpaired) electrons. The molecule has 0 aliphatic heterocycles. The number of alkyl halides is 5. The number of halogens is 8. The summed E-state index contributed by atoms with van der Waals surface area (Å²) in [4.78, 5) is 0. The smallest absolute Gasteiger partial charge is 0.429 e. The molecule has 244 valence electrons. The SMILES string of the molecule is CCCCCc1ccc(-c2ccc(-c3ccc(-c4cc(F)c(C(F)(F)Oc5ccc(OC(F)(F)F)cc5)c(F)c4)c(F)c3)cc2)cc1. The first-order chi connectivity index (χ1) is 22.3. The van der Waals surface area contributed by atoms with Crippen molar-refractivity contribution >= 4 is 0 Å². The maximum atomic E-state index is 15.2. The zero-order chi connectivity index (χ0) is 33.8. The van der Waals surface area contributed by atoms with E-state index in [2.05, 4.69) is 40.7 Å². The van der Waals surface area contributed by atoms with Gasteiger partial charge in [-0.25, -0.2) is 13.2 Å². The molecule has 0 fully saturated rings. The van der Waals surface area contributed by atoms with Crippen LogP contribution in [0.4, 0.5) is 35.1 Å². The summed E-state index contributed by atoms with van der Waals surface area (Å²) in [7, 11) is 0. The Balaban J connectivity index is 1.31. The predicted molar refractivity (Wildman–Crippen MR) is 163 cm³/mol. The van der Waals surface area contributed by atoms with Crippen LogP contribution in [0.1, 0.15) is 37.3 Å². The number of unbranched alkanes of at least 4 members (excludes halogenated alkanes) is 2. The van der Waals surface area contributed by atoms with E-state index in [9.17, 15) is 30.7 Å². The second kappa shape index (κ2) is 13.9. The highest BCUT2D eigenvalue weighted by Crippen LogP contribution is 2.38. The van der Waals surface area contributed by atoms with Gasteiger partial charge in [0.1, 0.15) is 34.5 Å². The largest absolute Gasteiger partial charge is 0.573 e. The van der Waals surface area contributed by atoms with Crippen LogP contribution in [0, 0.1) is 17.5 Å². The summed E-state index contributed by atoms with van der Waals surface area (Å²) in [6, 6.07) is 23.8. The third-order valence-corrected chi connectivity index (χ3v) is 7.49. The normalized spacial score (nSPS) is 11.9. The van der Waals surface area contributed by atoms with Crippen LogP contribution in [0.5, 0.6) is 11.5 Å². The van der Waals surface area contributed by atoms with Crippen LogP contribution < -0.4 is 9.47 Å². The standard InChI is InChI=1S/C37H28F8O2/c1-2-3-4-5-23-6-8-24(9-7-23)25-10-12-26(13-11-25)27-14-19-31(32(38)20-27)28-21-33(39)35(34(40)22-28)36(41,42)46-29-15-17-30(18-16-29)47-37(43,44)45/h6-22H,2-5H2,1H3. The molecule has 0 aromatic heterocycles. The zero-order valence-electron chi connectivity index (χ0n) is 25.0. The lowest BCUT2D eigenvalue weighted by Gasteiger charge is -2.20. The van der Waals surface area contributed by atoms with Crippen molar-refractivity contribution < 1.29 is 44.6 Å². The fourth-order valence-corrected chi connectivity index (χ4v) is 5.14. The molecule has 5 aromatic carbocycles. The molecule has 5 rings (SSSR count). The molecule has 0 aliphatic rings. The summed E-state index contributed by atoms with van der Waals surface area (Å²) < 4.78 is 120. The number of ether oxygens (including phenoxy) is 2. The van der Waals surface area contributed by atoms with Gasteiger partial charge in [0.25, 0.3) is 0 Å². The Bertz CT molecular complexity index is 1790. The summed E-state index contributed by atoms with van der Waals surface area (Å²) in [6.07, 6.45) is -5.04. The monoisotopic (exact) mass is 656 g/mol. The summed E-state index contributed by atoms with van der Waals surface area (Å²) in [6.45, 7) is 2.17. The predicted octanol–water partition coefficient (Wildman–Crippen LogP) is 11.9. The average molecular weight is 657 g/mol. The van der Waals surface area contributed by atoms with Crippen LogP contribution in [0.3, 0.4) is 0 Å². The van der Waals surface area contributed by atoms with E-state index >= 15 is 4.39 Å². The van der Waals surface area contributed by atoms with Gasteiger partial charge in [-0.2, -0.15) is 8.78 Å². The number of rotatable bonds is 11. The first-order valence-electron chi connectivity index (χ1n) is 14.7. The molecule has 0 saturated carbocycles. The van der Waals surface area contributed by atoms with E-state index in [-0.39, 0.29) is 11.1 Å². The third kappa shape index (κ3) is 8.30. The van der Waals surface area contributed by atoms with E-state index in [1.165, 1.54) is 24.1 Å². The minimum absolute atomic E-state index is 0.224. The lowest BCUT2D eigenvalue weighted by Crippen LogP contribution is -2.25. The summed E-state index contributed by atoms with van der Waals surface area (Å²) >= 11 is 0. The number of hydrogen-bond acceptors (Lipinski definition) is 2. The van der Waals surface area contributed by atoms with Gasteiger partial charge in [0.05, 0.1) is 0 Å². The van der Waals surface area contributed by atoms with Gasteiger partial charge in [-0.3, -0.25) is 0 Å². The molecule has 0 bridgehead atoms. The molecule has 0 aliphatic carbocycles. The van der Waals surface area contributed by atoms with Crippen molar-refractivity contribution in [1.82, 2.24) is 0 Å². The molecule has 0 unspecified atom stereocenters. The van der Waals surface area contributed by atoms with E-state index in [0.29, 0.717) is 35.4 Å². The van der Waals surface area contributed by atoms with Gasteiger partial charge in [0.15, 0.2) is 0 Å². The second-order valence-corrected chi connectivity index (χ2v) is 10.9. The Hall–Kier alpha value is -4.86. The van der Waals surface area contributed by atoms with Crippen molar-refractivity contribution in [3.05, 3.63) is 132 Å². The maximum Gasteiger partial charge on any atom is 0.573 e.